The van der Waals surface area contributed by atoms with Crippen LogP contribution in [-0.2, 0) is 11.3 Å². The van der Waals surface area contributed by atoms with Crippen molar-refractivity contribution in [2.75, 3.05) is 45.9 Å². The number of hydrogen-bond acceptors (Lipinski definition) is 4. The van der Waals surface area contributed by atoms with Crippen LogP contribution < -0.4 is 10.6 Å². The number of carbonyl (C=O) groups is 2. The summed E-state index contributed by atoms with van der Waals surface area (Å²) in [7, 11) is 0. The Labute approximate surface area is 148 Å². The number of fused-ring (bicyclic) bond motifs is 1. The maximum absolute atomic E-state index is 12.4. The lowest BCUT2D eigenvalue weighted by molar-refractivity contribution is -0.0365. The third-order valence-electron chi connectivity index (χ3n) is 4.70. The molecule has 1 aromatic carbocycles. The van der Waals surface area contributed by atoms with Gasteiger partial charge in [0.1, 0.15) is 0 Å². The highest BCUT2D eigenvalue weighted by Crippen LogP contribution is 2.14. The molecule has 7 nitrogen and oxygen atoms in total. The number of morpholine rings is 1. The first-order valence-electron chi connectivity index (χ1n) is 8.89. The molecule has 136 valence electrons. The van der Waals surface area contributed by atoms with Crippen molar-refractivity contribution >= 4 is 11.9 Å². The van der Waals surface area contributed by atoms with Crippen molar-refractivity contribution in [3.63, 3.8) is 0 Å². The maximum Gasteiger partial charge on any atom is 0.317 e. The van der Waals surface area contributed by atoms with Crippen LogP contribution >= 0.6 is 0 Å². The number of urea groups is 1. The smallest absolute Gasteiger partial charge is 0.317 e. The van der Waals surface area contributed by atoms with Crippen LogP contribution in [0.1, 0.15) is 22.8 Å². The summed E-state index contributed by atoms with van der Waals surface area (Å²) < 4.78 is 5.51. The summed E-state index contributed by atoms with van der Waals surface area (Å²) in [6.45, 7) is 7.65. The highest BCUT2D eigenvalue weighted by molar-refractivity contribution is 5.94. The Kier molecular flexibility index (Phi) is 5.88. The van der Waals surface area contributed by atoms with Crippen LogP contribution in [0.15, 0.2) is 24.3 Å². The average Bonchev–Trinajstić information content (AvgIpc) is 2.66. The van der Waals surface area contributed by atoms with Gasteiger partial charge in [-0.2, -0.15) is 0 Å². The molecule has 0 saturated carbocycles. The fraction of sp³-hybridized carbons (Fsp3) is 0.556. The molecule has 0 spiro atoms. The van der Waals surface area contributed by atoms with Crippen LogP contribution in [0.4, 0.5) is 4.79 Å². The number of hydrogen-bond donors (Lipinski definition) is 2. The molecule has 2 saturated heterocycles. The van der Waals surface area contributed by atoms with E-state index in [4.69, 9.17) is 4.74 Å². The molecule has 1 aromatic rings. The molecule has 0 aromatic heterocycles. The number of carbonyl (C=O) groups excluding carboxylic acids is 2. The van der Waals surface area contributed by atoms with Crippen molar-refractivity contribution in [2.45, 2.75) is 19.5 Å². The number of ether oxygens (including phenoxy) is 1. The first-order valence-corrected chi connectivity index (χ1v) is 8.89. The van der Waals surface area contributed by atoms with Crippen LogP contribution in [0.3, 0.4) is 0 Å². The van der Waals surface area contributed by atoms with Gasteiger partial charge in [-0.1, -0.05) is 12.1 Å². The largest absolute Gasteiger partial charge is 0.378 e. The average molecular weight is 346 g/mol. The molecule has 2 aliphatic rings. The second-order valence-electron chi connectivity index (χ2n) is 6.43. The summed E-state index contributed by atoms with van der Waals surface area (Å²) in [5.74, 6) is -0.0934. The number of piperazine rings is 1. The van der Waals surface area contributed by atoms with E-state index in [9.17, 15) is 9.59 Å². The molecule has 2 aliphatic heterocycles. The molecule has 2 N–H and O–H groups in total. The van der Waals surface area contributed by atoms with Crippen LogP contribution in [0.5, 0.6) is 0 Å². The van der Waals surface area contributed by atoms with Crippen molar-refractivity contribution in [2.24, 2.45) is 0 Å². The molecule has 25 heavy (non-hydrogen) atoms. The minimum absolute atomic E-state index is 0.0614. The van der Waals surface area contributed by atoms with E-state index in [1.54, 1.807) is 6.07 Å². The van der Waals surface area contributed by atoms with Crippen LogP contribution in [0.2, 0.25) is 0 Å². The Bertz CT molecular complexity index is 622. The first-order chi connectivity index (χ1) is 12.2. The summed E-state index contributed by atoms with van der Waals surface area (Å²) >= 11 is 0. The Morgan fingerprint density at radius 1 is 1.24 bits per heavy atom. The highest BCUT2D eigenvalue weighted by atomic mass is 16.5. The maximum atomic E-state index is 12.4. The highest BCUT2D eigenvalue weighted by Gasteiger charge is 2.31. The number of benzene rings is 1. The number of nitrogens with one attached hydrogen (secondary N) is 2. The van der Waals surface area contributed by atoms with Gasteiger partial charge in [0.05, 0.1) is 19.3 Å². The minimum atomic E-state index is -0.0934. The van der Waals surface area contributed by atoms with Gasteiger partial charge >= 0.3 is 6.03 Å². The lowest BCUT2D eigenvalue weighted by Crippen LogP contribution is -2.60. The fourth-order valence-electron chi connectivity index (χ4n) is 3.31. The van der Waals surface area contributed by atoms with E-state index in [0.29, 0.717) is 37.8 Å². The molecular formula is C18H26N4O3. The Morgan fingerprint density at radius 2 is 2.12 bits per heavy atom. The molecule has 7 heteroatoms. The molecular weight excluding hydrogens is 320 g/mol. The zero-order chi connectivity index (χ0) is 17.6. The first kappa shape index (κ1) is 17.7. The van der Waals surface area contributed by atoms with Crippen LogP contribution in [0, 0.1) is 0 Å². The quantitative estimate of drug-likeness (QED) is 0.840. The van der Waals surface area contributed by atoms with Crippen molar-refractivity contribution in [3.8, 4) is 0 Å². The lowest BCUT2D eigenvalue weighted by atomic mass is 10.1. The summed E-state index contributed by atoms with van der Waals surface area (Å²) in [6, 6.07) is 7.58. The van der Waals surface area contributed by atoms with Gasteiger partial charge in [-0.25, -0.2) is 4.79 Å². The van der Waals surface area contributed by atoms with Crippen molar-refractivity contribution in [3.05, 3.63) is 35.4 Å². The Morgan fingerprint density at radius 3 is 2.96 bits per heavy atom. The van der Waals surface area contributed by atoms with Gasteiger partial charge in [-0.05, 0) is 24.6 Å². The number of amides is 3. The zero-order valence-corrected chi connectivity index (χ0v) is 14.7. The van der Waals surface area contributed by atoms with E-state index in [1.807, 2.05) is 30.0 Å². The third-order valence-corrected chi connectivity index (χ3v) is 4.70. The molecule has 2 heterocycles. The molecule has 3 amide bonds. The van der Waals surface area contributed by atoms with E-state index in [0.717, 1.165) is 31.8 Å². The Hall–Kier alpha value is -2.12. The van der Waals surface area contributed by atoms with Crippen molar-refractivity contribution in [1.29, 1.82) is 0 Å². The van der Waals surface area contributed by atoms with E-state index >= 15 is 0 Å². The van der Waals surface area contributed by atoms with Gasteiger partial charge in [-0.15, -0.1) is 0 Å². The zero-order valence-electron chi connectivity index (χ0n) is 14.7. The molecule has 2 fully saturated rings. The fourth-order valence-corrected chi connectivity index (χ4v) is 3.31. The van der Waals surface area contributed by atoms with E-state index in [-0.39, 0.29) is 11.9 Å². The van der Waals surface area contributed by atoms with E-state index < -0.39 is 0 Å². The summed E-state index contributed by atoms with van der Waals surface area (Å²) in [6.07, 6.45) is 0. The summed E-state index contributed by atoms with van der Waals surface area (Å²) in [5, 5.41) is 5.74. The van der Waals surface area contributed by atoms with Gasteiger partial charge in [0, 0.05) is 44.8 Å². The van der Waals surface area contributed by atoms with Crippen LogP contribution in [-0.4, -0.2) is 73.7 Å². The second kappa shape index (κ2) is 8.31. The van der Waals surface area contributed by atoms with Crippen LogP contribution in [0.25, 0.3) is 0 Å². The van der Waals surface area contributed by atoms with Gasteiger partial charge < -0.3 is 20.3 Å². The molecule has 3 rings (SSSR count). The predicted octanol–water partition coefficient (Wildman–Crippen LogP) is 0.662. The van der Waals surface area contributed by atoms with Gasteiger partial charge in [-0.3, -0.25) is 9.69 Å². The summed E-state index contributed by atoms with van der Waals surface area (Å²) in [5.41, 5.74) is 1.53. The van der Waals surface area contributed by atoms with E-state index in [1.165, 1.54) is 0 Å². The third kappa shape index (κ3) is 4.49. The Balaban J connectivity index is 1.52. The SMILES string of the molecule is CCNC(=O)c1cccc(CNC(=O)N2CCN3CCOCC3C2)c1. The minimum Gasteiger partial charge on any atom is -0.378 e. The standard InChI is InChI=1S/C18H26N4O3/c1-2-19-17(23)15-5-3-4-14(10-15)11-20-18(24)22-7-6-21-8-9-25-13-16(21)12-22/h3-5,10,16H,2,6-9,11-13H2,1H3,(H,19,23)(H,20,24). The molecule has 1 unspecified atom stereocenters. The second-order valence-corrected chi connectivity index (χ2v) is 6.43. The molecule has 0 radical (unpaired) electrons. The molecule has 0 bridgehead atoms. The van der Waals surface area contributed by atoms with Gasteiger partial charge in [0.2, 0.25) is 0 Å². The van der Waals surface area contributed by atoms with Gasteiger partial charge in [0.15, 0.2) is 0 Å². The number of rotatable bonds is 4. The van der Waals surface area contributed by atoms with Crippen molar-refractivity contribution in [1.82, 2.24) is 20.4 Å². The monoisotopic (exact) mass is 346 g/mol. The van der Waals surface area contributed by atoms with E-state index in [2.05, 4.69) is 15.5 Å². The number of nitrogens with zero attached hydrogens (tertiary/aromatic N) is 2. The normalized spacial score (nSPS) is 20.7. The summed E-state index contributed by atoms with van der Waals surface area (Å²) in [4.78, 5) is 28.6. The predicted molar refractivity (Wildman–Crippen MR) is 94.4 cm³/mol. The molecule has 1 atom stereocenters. The van der Waals surface area contributed by atoms with Gasteiger partial charge in [0.25, 0.3) is 5.91 Å². The lowest BCUT2D eigenvalue weighted by Gasteiger charge is -2.43. The van der Waals surface area contributed by atoms with Crippen molar-refractivity contribution < 1.29 is 14.3 Å². The topological polar surface area (TPSA) is 73.9 Å². The molecule has 0 aliphatic carbocycles.